The van der Waals surface area contributed by atoms with Crippen LogP contribution < -0.4 is 10.6 Å². The molecule has 0 aliphatic carbocycles. The maximum Gasteiger partial charge on any atom is 0.408 e. The van der Waals surface area contributed by atoms with Crippen molar-refractivity contribution in [2.45, 2.75) is 38.5 Å². The number of morpholine rings is 1. The quantitative estimate of drug-likeness (QED) is 0.204. The number of aromatic nitrogens is 2. The molecule has 1 aliphatic heterocycles. The molecule has 0 saturated carbocycles. The van der Waals surface area contributed by atoms with Crippen LogP contribution in [0.3, 0.4) is 0 Å². The second-order valence-corrected chi connectivity index (χ2v) is 12.6. The van der Waals surface area contributed by atoms with Crippen molar-refractivity contribution in [3.05, 3.63) is 87.2 Å². The Labute approximate surface area is 274 Å². The topological polar surface area (TPSA) is 146 Å². The van der Waals surface area contributed by atoms with Crippen molar-refractivity contribution in [1.82, 2.24) is 20.4 Å². The van der Waals surface area contributed by atoms with E-state index in [0.29, 0.717) is 38.7 Å². The maximum atomic E-state index is 13.8. The molecule has 0 radical (unpaired) electrons. The molecule has 0 bridgehead atoms. The van der Waals surface area contributed by atoms with Crippen LogP contribution in [-0.4, -0.2) is 69.5 Å². The summed E-state index contributed by atoms with van der Waals surface area (Å²) in [5, 5.41) is 26.7. The van der Waals surface area contributed by atoms with E-state index < -0.39 is 35.6 Å². The van der Waals surface area contributed by atoms with Gasteiger partial charge in [0.05, 0.1) is 30.7 Å². The average molecular weight is 662 g/mol. The summed E-state index contributed by atoms with van der Waals surface area (Å²) in [6.45, 7) is 5.63. The molecule has 3 heterocycles. The molecular formula is C33H32ClN5O6S. The van der Waals surface area contributed by atoms with E-state index in [9.17, 15) is 19.5 Å². The van der Waals surface area contributed by atoms with Gasteiger partial charge in [-0.15, -0.1) is 0 Å². The van der Waals surface area contributed by atoms with Gasteiger partial charge in [-0.1, -0.05) is 23.4 Å². The van der Waals surface area contributed by atoms with E-state index in [0.717, 1.165) is 0 Å². The van der Waals surface area contributed by atoms with E-state index in [1.54, 1.807) is 74.8 Å². The highest BCUT2D eigenvalue weighted by atomic mass is 35.5. The summed E-state index contributed by atoms with van der Waals surface area (Å²) in [5.74, 6) is 5.28. The smallest absolute Gasteiger partial charge is 0.408 e. The lowest BCUT2D eigenvalue weighted by Gasteiger charge is -2.36. The Morgan fingerprint density at radius 2 is 1.96 bits per heavy atom. The molecule has 2 aromatic carbocycles. The van der Waals surface area contributed by atoms with E-state index in [1.807, 2.05) is 5.38 Å². The second-order valence-electron chi connectivity index (χ2n) is 11.4. The van der Waals surface area contributed by atoms with Crippen LogP contribution in [0.25, 0.3) is 11.3 Å². The summed E-state index contributed by atoms with van der Waals surface area (Å²) < 4.78 is 11.0. The van der Waals surface area contributed by atoms with Crippen LogP contribution >= 0.6 is 22.9 Å². The van der Waals surface area contributed by atoms with Crippen molar-refractivity contribution in [3.8, 4) is 28.8 Å². The fourth-order valence-corrected chi connectivity index (χ4v) is 5.56. The molecule has 2 unspecified atom stereocenters. The summed E-state index contributed by atoms with van der Waals surface area (Å²) >= 11 is 7.49. The number of alkyl carbamates (subject to hydrolysis) is 1. The van der Waals surface area contributed by atoms with Gasteiger partial charge in [0.1, 0.15) is 23.4 Å². The van der Waals surface area contributed by atoms with Crippen molar-refractivity contribution in [3.63, 3.8) is 0 Å². The molecule has 2 atom stereocenters. The number of hydrogen-bond donors (Lipinski definition) is 4. The Bertz CT molecular complexity index is 1770. The third kappa shape index (κ3) is 8.06. The number of H-pyrrole nitrogens is 1. The number of phenolic OH excluding ortho intramolecular Hbond substituents is 1. The molecule has 3 amide bonds. The van der Waals surface area contributed by atoms with Crippen LogP contribution in [0.1, 0.15) is 43.5 Å². The lowest BCUT2D eigenvalue weighted by atomic mass is 10.1. The average Bonchev–Trinajstić information content (AvgIpc) is 3.72. The molecular weight excluding hydrogens is 630 g/mol. The van der Waals surface area contributed by atoms with Gasteiger partial charge in [-0.3, -0.25) is 14.7 Å². The largest absolute Gasteiger partial charge is 0.507 e. The summed E-state index contributed by atoms with van der Waals surface area (Å²) in [7, 11) is 0. The third-order valence-corrected chi connectivity index (χ3v) is 7.80. The fraction of sp³-hybridized carbons (Fsp3) is 0.273. The first-order valence-corrected chi connectivity index (χ1v) is 15.7. The van der Waals surface area contributed by atoms with Crippen molar-refractivity contribution in [2.24, 2.45) is 0 Å². The molecule has 5 rings (SSSR count). The molecule has 1 aliphatic rings. The highest BCUT2D eigenvalue weighted by Gasteiger charge is 2.38. The van der Waals surface area contributed by atoms with E-state index in [2.05, 4.69) is 32.7 Å². The lowest BCUT2D eigenvalue weighted by molar-refractivity contribution is -0.148. The zero-order chi connectivity index (χ0) is 32.8. The van der Waals surface area contributed by atoms with Gasteiger partial charge in [0.25, 0.3) is 5.91 Å². The van der Waals surface area contributed by atoms with Gasteiger partial charge in [0.15, 0.2) is 0 Å². The van der Waals surface area contributed by atoms with Gasteiger partial charge >= 0.3 is 6.09 Å². The van der Waals surface area contributed by atoms with Crippen LogP contribution in [0, 0.1) is 11.8 Å². The normalized spacial score (nSPS) is 15.3. The monoisotopic (exact) mass is 661 g/mol. The number of hydrogen-bond acceptors (Lipinski definition) is 8. The van der Waals surface area contributed by atoms with Gasteiger partial charge in [0, 0.05) is 28.4 Å². The molecule has 4 N–H and O–H groups in total. The van der Waals surface area contributed by atoms with Gasteiger partial charge < -0.3 is 30.1 Å². The number of thiophene rings is 1. The number of benzene rings is 2. The van der Waals surface area contributed by atoms with Crippen LogP contribution in [-0.2, 0) is 19.1 Å². The predicted molar refractivity (Wildman–Crippen MR) is 174 cm³/mol. The van der Waals surface area contributed by atoms with Crippen LogP contribution in [0.15, 0.2) is 65.5 Å². The number of halogens is 1. The van der Waals surface area contributed by atoms with Gasteiger partial charge in [-0.05, 0) is 85.6 Å². The molecule has 1 fully saturated rings. The van der Waals surface area contributed by atoms with Crippen molar-refractivity contribution < 1.29 is 29.0 Å². The third-order valence-electron chi connectivity index (χ3n) is 6.86. The van der Waals surface area contributed by atoms with Crippen LogP contribution in [0.2, 0.25) is 5.02 Å². The molecule has 4 aromatic rings. The number of aromatic amines is 1. The number of anilines is 1. The standard InChI is InChI=1S/C33H32ClN5O6S/c1-33(2,3)45-32(43)37-29(22-12-15-46-19-22)31(42)39-13-14-44-18-26(39)30(41)36-24-9-5-20(6-10-24)4-7-21-17-35-38-28(21)25-16-23(34)8-11-27(25)40/h5-6,8-12,15-17,19,26,29,40H,13-14,18H2,1-3H3,(H,35,38)(H,36,41)(H,37,43). The minimum absolute atomic E-state index is 0.000852. The zero-order valence-electron chi connectivity index (χ0n) is 25.3. The number of rotatable bonds is 6. The van der Waals surface area contributed by atoms with Gasteiger partial charge in [0.2, 0.25) is 5.91 Å². The first-order valence-electron chi connectivity index (χ1n) is 14.3. The highest BCUT2D eigenvalue weighted by molar-refractivity contribution is 7.08. The lowest BCUT2D eigenvalue weighted by Crippen LogP contribution is -2.57. The summed E-state index contributed by atoms with van der Waals surface area (Å²) in [6.07, 6.45) is 0.823. The summed E-state index contributed by atoms with van der Waals surface area (Å²) in [6, 6.07) is 11.4. The Hall–Kier alpha value is -4.83. The molecule has 238 valence electrons. The number of carbonyl (C=O) groups is 3. The molecule has 0 spiro atoms. The molecule has 46 heavy (non-hydrogen) atoms. The SMILES string of the molecule is CC(C)(C)OC(=O)NC(C(=O)N1CCOCC1C(=O)Nc1ccc(C#Cc2cn[nH]c2-c2cc(Cl)ccc2O)cc1)c1ccsc1. The minimum Gasteiger partial charge on any atom is -0.507 e. The van der Waals surface area contributed by atoms with Crippen molar-refractivity contribution in [1.29, 1.82) is 0 Å². The van der Waals surface area contributed by atoms with Crippen molar-refractivity contribution in [2.75, 3.05) is 25.1 Å². The second kappa shape index (κ2) is 14.1. The Balaban J connectivity index is 1.27. The molecule has 13 heteroatoms. The molecule has 2 aromatic heterocycles. The summed E-state index contributed by atoms with van der Waals surface area (Å²) in [5.41, 5.74) is 2.60. The molecule has 1 saturated heterocycles. The Kier molecular flexibility index (Phi) is 9.96. The van der Waals surface area contributed by atoms with E-state index in [1.165, 1.54) is 22.3 Å². The fourth-order valence-electron chi connectivity index (χ4n) is 4.70. The van der Waals surface area contributed by atoms with Gasteiger partial charge in [-0.25, -0.2) is 4.79 Å². The first-order chi connectivity index (χ1) is 22.0. The Morgan fingerprint density at radius 3 is 2.67 bits per heavy atom. The zero-order valence-corrected chi connectivity index (χ0v) is 26.9. The Morgan fingerprint density at radius 1 is 1.17 bits per heavy atom. The maximum absolute atomic E-state index is 13.8. The van der Waals surface area contributed by atoms with E-state index in [4.69, 9.17) is 21.1 Å². The number of aromatic hydroxyl groups is 1. The summed E-state index contributed by atoms with van der Waals surface area (Å²) in [4.78, 5) is 41.3. The highest BCUT2D eigenvalue weighted by Crippen LogP contribution is 2.32. The predicted octanol–water partition coefficient (Wildman–Crippen LogP) is 5.33. The van der Waals surface area contributed by atoms with Crippen LogP contribution in [0.5, 0.6) is 5.75 Å². The number of carbonyl (C=O) groups excluding carboxylic acids is 3. The first kappa shape index (κ1) is 32.6. The van der Waals surface area contributed by atoms with Gasteiger partial charge in [-0.2, -0.15) is 16.4 Å². The van der Waals surface area contributed by atoms with Crippen LogP contribution in [0.4, 0.5) is 10.5 Å². The molecule has 11 nitrogen and oxygen atoms in total. The minimum atomic E-state index is -1.04. The number of nitrogens with one attached hydrogen (secondary N) is 3. The number of nitrogens with zero attached hydrogens (tertiary/aromatic N) is 2. The number of phenols is 1. The van der Waals surface area contributed by atoms with Crippen molar-refractivity contribution >= 4 is 46.5 Å². The number of amides is 3. The van der Waals surface area contributed by atoms with E-state index in [-0.39, 0.29) is 25.5 Å². The number of ether oxygens (including phenoxy) is 2. The van der Waals surface area contributed by atoms with E-state index >= 15 is 0 Å².